The number of carboxylic acids is 1. The number of hydrogen-bond acceptors (Lipinski definition) is 3. The van der Waals surface area contributed by atoms with Gasteiger partial charge >= 0.3 is 5.97 Å². The predicted octanol–water partition coefficient (Wildman–Crippen LogP) is 1.61. The molecule has 4 heteroatoms. The molecule has 0 aromatic heterocycles. The molecule has 1 N–H and O–H groups in total. The van der Waals surface area contributed by atoms with Gasteiger partial charge in [0.2, 0.25) is 0 Å². The van der Waals surface area contributed by atoms with Crippen molar-refractivity contribution in [3.8, 4) is 0 Å². The molecule has 0 radical (unpaired) electrons. The molecule has 1 aliphatic heterocycles. The fourth-order valence-corrected chi connectivity index (χ4v) is 1.51. The Hall–Kier alpha value is -1.39. The highest BCUT2D eigenvalue weighted by Gasteiger charge is 2.19. The Bertz CT molecular complexity index is 396. The molecule has 16 heavy (non-hydrogen) atoms. The van der Waals surface area contributed by atoms with E-state index in [0.717, 1.165) is 11.1 Å². The third kappa shape index (κ3) is 2.40. The van der Waals surface area contributed by atoms with Crippen LogP contribution >= 0.6 is 0 Å². The molecule has 1 heterocycles. The number of hydrogen-bond donors (Lipinski definition) is 1. The van der Waals surface area contributed by atoms with Crippen molar-refractivity contribution >= 4 is 5.97 Å². The van der Waals surface area contributed by atoms with Crippen molar-refractivity contribution in [1.29, 1.82) is 0 Å². The minimum atomic E-state index is -0.900. The van der Waals surface area contributed by atoms with Crippen LogP contribution in [0.2, 0.25) is 0 Å². The van der Waals surface area contributed by atoms with E-state index in [1.165, 1.54) is 0 Å². The number of ether oxygens (including phenoxy) is 2. The molecule has 0 bridgehead atoms. The maximum absolute atomic E-state index is 10.7. The first-order chi connectivity index (χ1) is 7.66. The van der Waals surface area contributed by atoms with Crippen LogP contribution in [0.25, 0.3) is 0 Å². The molecule has 1 saturated heterocycles. The summed E-state index contributed by atoms with van der Waals surface area (Å²) >= 11 is 0. The monoisotopic (exact) mass is 222 g/mol. The molecule has 0 spiro atoms. The fourth-order valence-electron chi connectivity index (χ4n) is 1.51. The lowest BCUT2D eigenvalue weighted by Crippen LogP contribution is -2.35. The lowest BCUT2D eigenvalue weighted by atomic mass is 10.1. The molecule has 0 amide bonds. The van der Waals surface area contributed by atoms with Gasteiger partial charge < -0.3 is 14.6 Å². The molecule has 1 aliphatic rings. The van der Waals surface area contributed by atoms with Crippen LogP contribution < -0.4 is 0 Å². The van der Waals surface area contributed by atoms with Gasteiger partial charge in [-0.1, -0.05) is 6.07 Å². The molecule has 1 aromatic rings. The summed E-state index contributed by atoms with van der Waals surface area (Å²) in [6.45, 7) is 3.72. The van der Waals surface area contributed by atoms with Gasteiger partial charge in [-0.05, 0) is 30.2 Å². The van der Waals surface area contributed by atoms with E-state index in [0.29, 0.717) is 25.4 Å². The van der Waals surface area contributed by atoms with Crippen molar-refractivity contribution in [2.75, 3.05) is 13.2 Å². The Balaban J connectivity index is 2.00. The second-order valence-electron chi connectivity index (χ2n) is 3.92. The summed E-state index contributed by atoms with van der Waals surface area (Å²) < 4.78 is 10.6. The van der Waals surface area contributed by atoms with Gasteiger partial charge in [0.05, 0.1) is 25.4 Å². The van der Waals surface area contributed by atoms with E-state index in [9.17, 15) is 4.79 Å². The highest BCUT2D eigenvalue weighted by molar-refractivity contribution is 5.87. The Morgan fingerprint density at radius 1 is 1.56 bits per heavy atom. The molecule has 0 saturated carbocycles. The highest BCUT2D eigenvalue weighted by Crippen LogP contribution is 2.15. The van der Waals surface area contributed by atoms with Crippen molar-refractivity contribution in [3.63, 3.8) is 0 Å². The number of carboxylic acid groups (broad SMARTS) is 1. The normalized spacial score (nSPS) is 15.8. The van der Waals surface area contributed by atoms with E-state index >= 15 is 0 Å². The molecular formula is C12H14O4. The van der Waals surface area contributed by atoms with Gasteiger partial charge in [0.15, 0.2) is 0 Å². The summed E-state index contributed by atoms with van der Waals surface area (Å²) in [4.78, 5) is 10.7. The third-order valence-electron chi connectivity index (χ3n) is 2.67. The molecule has 1 aromatic carbocycles. The van der Waals surface area contributed by atoms with Crippen LogP contribution in [0.5, 0.6) is 0 Å². The summed E-state index contributed by atoms with van der Waals surface area (Å²) in [5.41, 5.74) is 2.28. The van der Waals surface area contributed by atoms with Crippen molar-refractivity contribution in [2.24, 2.45) is 0 Å². The van der Waals surface area contributed by atoms with E-state index in [4.69, 9.17) is 14.6 Å². The number of carbonyl (C=O) groups is 1. The standard InChI is InChI=1S/C12H14O4/c1-8-4-9(12(13)14)2-3-10(8)5-16-11-6-15-7-11/h2-4,11H,5-7H2,1H3,(H,13,14). The molecule has 0 atom stereocenters. The van der Waals surface area contributed by atoms with E-state index < -0.39 is 5.97 Å². The first-order valence-corrected chi connectivity index (χ1v) is 5.19. The Kier molecular flexibility index (Phi) is 3.22. The summed E-state index contributed by atoms with van der Waals surface area (Å²) in [7, 11) is 0. The lowest BCUT2D eigenvalue weighted by Gasteiger charge is -2.26. The fraction of sp³-hybridized carbons (Fsp3) is 0.417. The van der Waals surface area contributed by atoms with Crippen LogP contribution in [0.1, 0.15) is 21.5 Å². The van der Waals surface area contributed by atoms with E-state index in [1.54, 1.807) is 18.2 Å². The lowest BCUT2D eigenvalue weighted by molar-refractivity contribution is -0.135. The van der Waals surface area contributed by atoms with Gasteiger partial charge in [0.1, 0.15) is 6.10 Å². The molecule has 4 nitrogen and oxygen atoms in total. The largest absolute Gasteiger partial charge is 0.478 e. The molecule has 86 valence electrons. The first kappa shape index (κ1) is 11.1. The van der Waals surface area contributed by atoms with Crippen LogP contribution in [0.3, 0.4) is 0 Å². The van der Waals surface area contributed by atoms with Gasteiger partial charge in [-0.25, -0.2) is 4.79 Å². The van der Waals surface area contributed by atoms with E-state index in [1.807, 2.05) is 6.92 Å². The maximum atomic E-state index is 10.7. The summed E-state index contributed by atoms with van der Waals surface area (Å²) in [6.07, 6.45) is 0.193. The van der Waals surface area contributed by atoms with Gasteiger partial charge in [-0.3, -0.25) is 0 Å². The first-order valence-electron chi connectivity index (χ1n) is 5.19. The zero-order valence-electron chi connectivity index (χ0n) is 9.10. The second kappa shape index (κ2) is 4.63. The van der Waals surface area contributed by atoms with Crippen molar-refractivity contribution in [1.82, 2.24) is 0 Å². The second-order valence-corrected chi connectivity index (χ2v) is 3.92. The SMILES string of the molecule is Cc1cc(C(=O)O)ccc1COC1COC1. The minimum Gasteiger partial charge on any atom is -0.478 e. The van der Waals surface area contributed by atoms with Crippen molar-refractivity contribution < 1.29 is 19.4 Å². The minimum absolute atomic E-state index is 0.193. The van der Waals surface area contributed by atoms with Crippen LogP contribution in [-0.2, 0) is 16.1 Å². The van der Waals surface area contributed by atoms with Crippen molar-refractivity contribution in [3.05, 3.63) is 34.9 Å². The van der Waals surface area contributed by atoms with E-state index in [2.05, 4.69) is 0 Å². The van der Waals surface area contributed by atoms with Gasteiger partial charge in [-0.15, -0.1) is 0 Å². The molecule has 0 aliphatic carbocycles. The third-order valence-corrected chi connectivity index (χ3v) is 2.67. The topological polar surface area (TPSA) is 55.8 Å². The average molecular weight is 222 g/mol. The summed E-state index contributed by atoms with van der Waals surface area (Å²) in [5.74, 6) is -0.900. The maximum Gasteiger partial charge on any atom is 0.335 e. The Morgan fingerprint density at radius 3 is 2.81 bits per heavy atom. The average Bonchev–Trinajstić information content (AvgIpc) is 2.17. The zero-order chi connectivity index (χ0) is 11.5. The van der Waals surface area contributed by atoms with Gasteiger partial charge in [0.25, 0.3) is 0 Å². The number of benzene rings is 1. The number of aromatic carboxylic acids is 1. The highest BCUT2D eigenvalue weighted by atomic mass is 16.6. The zero-order valence-corrected chi connectivity index (χ0v) is 9.10. The van der Waals surface area contributed by atoms with E-state index in [-0.39, 0.29) is 6.10 Å². The predicted molar refractivity (Wildman–Crippen MR) is 57.5 cm³/mol. The molecule has 2 rings (SSSR count). The number of aryl methyl sites for hydroxylation is 1. The van der Waals surface area contributed by atoms with Crippen molar-refractivity contribution in [2.45, 2.75) is 19.6 Å². The van der Waals surface area contributed by atoms with Crippen LogP contribution in [0.4, 0.5) is 0 Å². The van der Waals surface area contributed by atoms with Gasteiger partial charge in [0, 0.05) is 0 Å². The smallest absolute Gasteiger partial charge is 0.335 e. The van der Waals surface area contributed by atoms with Gasteiger partial charge in [-0.2, -0.15) is 0 Å². The summed E-state index contributed by atoms with van der Waals surface area (Å²) in [6, 6.07) is 5.07. The molecule has 0 unspecified atom stereocenters. The Labute approximate surface area is 93.8 Å². The summed E-state index contributed by atoms with van der Waals surface area (Å²) in [5, 5.41) is 8.82. The molecule has 1 fully saturated rings. The van der Waals surface area contributed by atoms with Crippen LogP contribution in [-0.4, -0.2) is 30.4 Å². The van der Waals surface area contributed by atoms with Crippen LogP contribution in [0.15, 0.2) is 18.2 Å². The van der Waals surface area contributed by atoms with Crippen LogP contribution in [0, 0.1) is 6.92 Å². The molecular weight excluding hydrogens is 208 g/mol. The quantitative estimate of drug-likeness (QED) is 0.840. The Morgan fingerprint density at radius 2 is 2.31 bits per heavy atom. The number of rotatable bonds is 4.